The van der Waals surface area contributed by atoms with E-state index in [0.29, 0.717) is 0 Å². The zero-order valence-corrected chi connectivity index (χ0v) is 11.3. The van der Waals surface area contributed by atoms with Crippen LogP contribution in [0.3, 0.4) is 0 Å². The molecule has 1 aliphatic rings. The van der Waals surface area contributed by atoms with Crippen molar-refractivity contribution in [2.45, 2.75) is 6.42 Å². The van der Waals surface area contributed by atoms with Crippen LogP contribution >= 0.6 is 0 Å². The molecule has 0 saturated carbocycles. The van der Waals surface area contributed by atoms with Crippen LogP contribution in [-0.2, 0) is 6.42 Å². The molecule has 3 nitrogen and oxygen atoms in total. The molecule has 0 bridgehead atoms. The number of rotatable bonds is 1. The molecule has 0 aromatic heterocycles. The van der Waals surface area contributed by atoms with E-state index in [1.54, 1.807) is 0 Å². The fourth-order valence-electron chi connectivity index (χ4n) is 2.69. The predicted octanol–water partition coefficient (Wildman–Crippen LogP) is 3.03. The summed E-state index contributed by atoms with van der Waals surface area (Å²) in [4.78, 5) is 2.29. The molecule has 100 valence electrons. The number of nitriles is 1. The second kappa shape index (κ2) is 5.66. The first-order valence-electron chi connectivity index (χ1n) is 6.94. The van der Waals surface area contributed by atoms with Gasteiger partial charge in [-0.2, -0.15) is 5.26 Å². The first kappa shape index (κ1) is 12.6. The van der Waals surface area contributed by atoms with Crippen molar-refractivity contribution in [3.8, 4) is 6.07 Å². The molecule has 20 heavy (non-hydrogen) atoms. The summed E-state index contributed by atoms with van der Waals surface area (Å²) in [5.41, 5.74) is 4.37. The number of nitrogens with one attached hydrogen (secondary N) is 1. The van der Waals surface area contributed by atoms with E-state index in [1.165, 1.54) is 11.3 Å². The summed E-state index contributed by atoms with van der Waals surface area (Å²) in [5.74, 6) is 0. The van der Waals surface area contributed by atoms with Gasteiger partial charge in [0.1, 0.15) is 6.07 Å². The maximum Gasteiger partial charge on any atom is 0.101 e. The number of anilines is 2. The molecule has 0 fully saturated rings. The van der Waals surface area contributed by atoms with Gasteiger partial charge in [-0.05, 0) is 30.2 Å². The normalized spacial score (nSPS) is 14.4. The number of hydrogen-bond acceptors (Lipinski definition) is 3. The van der Waals surface area contributed by atoms with E-state index in [4.69, 9.17) is 0 Å². The number of hydrogen-bond donors (Lipinski definition) is 1. The minimum atomic E-state index is 0.751. The van der Waals surface area contributed by atoms with E-state index in [0.717, 1.165) is 37.3 Å². The van der Waals surface area contributed by atoms with Crippen molar-refractivity contribution in [3.05, 3.63) is 59.7 Å². The summed E-state index contributed by atoms with van der Waals surface area (Å²) in [6.07, 6.45) is 0.989. The van der Waals surface area contributed by atoms with Crippen LogP contribution in [0.25, 0.3) is 0 Å². The zero-order valence-electron chi connectivity index (χ0n) is 11.3. The summed E-state index contributed by atoms with van der Waals surface area (Å²) >= 11 is 0. The van der Waals surface area contributed by atoms with Gasteiger partial charge < -0.3 is 10.2 Å². The van der Waals surface area contributed by atoms with Crippen LogP contribution < -0.4 is 10.2 Å². The molecule has 0 spiro atoms. The lowest BCUT2D eigenvalue weighted by molar-refractivity contribution is 0.773. The summed E-state index contributed by atoms with van der Waals surface area (Å²) < 4.78 is 0. The van der Waals surface area contributed by atoms with E-state index in [9.17, 15) is 5.26 Å². The molecular weight excluding hydrogens is 246 g/mol. The van der Waals surface area contributed by atoms with Gasteiger partial charge in [0, 0.05) is 25.3 Å². The summed E-state index contributed by atoms with van der Waals surface area (Å²) in [6.45, 7) is 2.74. The Balaban J connectivity index is 1.86. The molecule has 0 amide bonds. The first-order valence-corrected chi connectivity index (χ1v) is 6.94. The van der Waals surface area contributed by atoms with Gasteiger partial charge in [0.05, 0.1) is 11.3 Å². The lowest BCUT2D eigenvalue weighted by Gasteiger charge is -2.29. The molecule has 2 aromatic rings. The molecule has 3 heteroatoms. The zero-order chi connectivity index (χ0) is 13.8. The van der Waals surface area contributed by atoms with Crippen molar-refractivity contribution < 1.29 is 0 Å². The Bertz CT molecular complexity index is 643. The van der Waals surface area contributed by atoms with E-state index >= 15 is 0 Å². The molecule has 1 N–H and O–H groups in total. The smallest absolute Gasteiger partial charge is 0.101 e. The van der Waals surface area contributed by atoms with Crippen molar-refractivity contribution in [1.82, 2.24) is 0 Å². The fourth-order valence-corrected chi connectivity index (χ4v) is 2.69. The second-order valence-corrected chi connectivity index (χ2v) is 4.95. The van der Waals surface area contributed by atoms with Crippen molar-refractivity contribution >= 4 is 11.4 Å². The monoisotopic (exact) mass is 263 g/mol. The maximum absolute atomic E-state index is 9.24. The van der Waals surface area contributed by atoms with Gasteiger partial charge in [-0.15, -0.1) is 0 Å². The number of fused-ring (bicyclic) bond motifs is 1. The summed E-state index contributed by atoms with van der Waals surface area (Å²) in [6, 6.07) is 18.6. The minimum Gasteiger partial charge on any atom is -0.383 e. The third kappa shape index (κ3) is 2.46. The predicted molar refractivity (Wildman–Crippen MR) is 82.0 cm³/mol. The van der Waals surface area contributed by atoms with E-state index < -0.39 is 0 Å². The van der Waals surface area contributed by atoms with E-state index in [2.05, 4.69) is 40.6 Å². The van der Waals surface area contributed by atoms with Crippen molar-refractivity contribution in [1.29, 1.82) is 5.26 Å². The average molecular weight is 263 g/mol. The second-order valence-electron chi connectivity index (χ2n) is 4.95. The van der Waals surface area contributed by atoms with Crippen LogP contribution in [0.1, 0.15) is 11.1 Å². The van der Waals surface area contributed by atoms with Crippen molar-refractivity contribution in [2.75, 3.05) is 29.9 Å². The molecule has 3 rings (SSSR count). The third-order valence-corrected chi connectivity index (χ3v) is 3.73. The minimum absolute atomic E-state index is 0.751. The van der Waals surface area contributed by atoms with Crippen LogP contribution in [-0.4, -0.2) is 19.6 Å². The van der Waals surface area contributed by atoms with Crippen molar-refractivity contribution in [2.24, 2.45) is 0 Å². The standard InChI is InChI=1S/C17H17N3/c18-13-15-6-2-4-8-17(15)20-11-9-14-5-1-3-7-16(14)19-10-12-20/h1-8,19H,9-12H2. The fraction of sp³-hybridized carbons (Fsp3) is 0.235. The molecule has 0 atom stereocenters. The highest BCUT2D eigenvalue weighted by atomic mass is 15.1. The van der Waals surface area contributed by atoms with Gasteiger partial charge in [-0.25, -0.2) is 0 Å². The average Bonchev–Trinajstić information content (AvgIpc) is 2.48. The Morgan fingerprint density at radius 1 is 1.00 bits per heavy atom. The van der Waals surface area contributed by atoms with Gasteiger partial charge in [0.15, 0.2) is 0 Å². The molecule has 2 aromatic carbocycles. The van der Waals surface area contributed by atoms with Gasteiger partial charge >= 0.3 is 0 Å². The Hall–Kier alpha value is -2.47. The molecule has 1 heterocycles. The molecule has 0 radical (unpaired) electrons. The highest BCUT2D eigenvalue weighted by Gasteiger charge is 2.14. The molecule has 1 aliphatic heterocycles. The first-order chi connectivity index (χ1) is 9.88. The van der Waals surface area contributed by atoms with Gasteiger partial charge in [0.25, 0.3) is 0 Å². The van der Waals surface area contributed by atoms with Crippen LogP contribution in [0.5, 0.6) is 0 Å². The highest BCUT2D eigenvalue weighted by Crippen LogP contribution is 2.23. The lowest BCUT2D eigenvalue weighted by Crippen LogP contribution is -2.33. The van der Waals surface area contributed by atoms with Gasteiger partial charge in [-0.1, -0.05) is 30.3 Å². The maximum atomic E-state index is 9.24. The lowest BCUT2D eigenvalue weighted by atomic mass is 10.1. The van der Waals surface area contributed by atoms with Crippen LogP contribution in [0.2, 0.25) is 0 Å². The van der Waals surface area contributed by atoms with Crippen LogP contribution in [0.4, 0.5) is 11.4 Å². The Labute approximate surface area is 119 Å². The topological polar surface area (TPSA) is 39.1 Å². The van der Waals surface area contributed by atoms with Crippen molar-refractivity contribution in [3.63, 3.8) is 0 Å². The number of benzene rings is 2. The van der Waals surface area contributed by atoms with E-state index in [-0.39, 0.29) is 0 Å². The summed E-state index contributed by atoms with van der Waals surface area (Å²) in [5, 5.41) is 12.7. The molecular formula is C17H17N3. The number of nitrogens with zero attached hydrogens (tertiary/aromatic N) is 2. The van der Waals surface area contributed by atoms with Crippen LogP contribution in [0.15, 0.2) is 48.5 Å². The van der Waals surface area contributed by atoms with Gasteiger partial charge in [-0.3, -0.25) is 0 Å². The van der Waals surface area contributed by atoms with Crippen LogP contribution in [0, 0.1) is 11.3 Å². The quantitative estimate of drug-likeness (QED) is 0.859. The third-order valence-electron chi connectivity index (χ3n) is 3.73. The highest BCUT2D eigenvalue weighted by molar-refractivity contribution is 5.60. The van der Waals surface area contributed by atoms with Gasteiger partial charge in [0.2, 0.25) is 0 Å². The Morgan fingerprint density at radius 2 is 1.80 bits per heavy atom. The Morgan fingerprint density at radius 3 is 2.70 bits per heavy atom. The largest absolute Gasteiger partial charge is 0.383 e. The number of para-hydroxylation sites is 2. The molecule has 0 aliphatic carbocycles. The molecule has 0 saturated heterocycles. The summed E-state index contributed by atoms with van der Waals surface area (Å²) in [7, 11) is 0. The SMILES string of the molecule is N#Cc1ccccc1N1CCNc2ccccc2CC1. The Kier molecular flexibility index (Phi) is 3.56. The van der Waals surface area contributed by atoms with E-state index in [1.807, 2.05) is 24.3 Å². The molecule has 0 unspecified atom stereocenters.